The molecule has 22 heteroatoms. The van der Waals surface area contributed by atoms with Crippen molar-refractivity contribution in [2.24, 2.45) is 0 Å². The topological polar surface area (TPSA) is 96.8 Å². The molecule has 0 N–H and O–H groups in total. The average Bonchev–Trinajstić information content (AvgIpc) is 1.65. The Hall–Kier alpha value is -11.0. The van der Waals surface area contributed by atoms with E-state index in [2.05, 4.69) is 48.1 Å². The molecule has 3 aromatic heterocycles. The number of hydrogen-bond acceptors (Lipinski definition) is 12. The summed E-state index contributed by atoms with van der Waals surface area (Å²) in [5.41, 5.74) is 11.9. The summed E-state index contributed by atoms with van der Waals surface area (Å²) in [5, 5.41) is 0. The van der Waals surface area contributed by atoms with E-state index >= 15 is 0 Å². The number of alkyl halides is 9. The zero-order valence-electron chi connectivity index (χ0n) is 52.8. The third kappa shape index (κ3) is 14.4. The van der Waals surface area contributed by atoms with Crippen LogP contribution in [0.5, 0.6) is 0 Å². The van der Waals surface area contributed by atoms with Gasteiger partial charge in [-0.2, -0.15) is 114 Å². The predicted octanol–water partition coefficient (Wildman–Crippen LogP) is 19.8. The summed E-state index contributed by atoms with van der Waals surface area (Å²) < 4.78 is 123. The van der Waals surface area contributed by atoms with Crippen molar-refractivity contribution < 1.29 is 59.6 Å². The number of nitrogens with zero attached hydrogens (tertiary/aromatic N) is 12. The normalized spacial score (nSPS) is 13.2. The van der Waals surface area contributed by atoms with Crippen LogP contribution in [0.25, 0.3) is 67.2 Å². The van der Waals surface area contributed by atoms with Crippen LogP contribution >= 0.6 is 0 Å². The van der Waals surface area contributed by atoms with Crippen molar-refractivity contribution in [2.75, 3.05) is 49.5 Å². The number of benzene rings is 9. The Bertz CT molecular complexity index is 4520. The fourth-order valence-corrected chi connectivity index (χ4v) is 11.4. The smallest absolute Gasteiger partial charge is 0.451 e. The molecule has 0 fully saturated rings. The summed E-state index contributed by atoms with van der Waals surface area (Å²) in [5.74, 6) is -2.99. The van der Waals surface area contributed by atoms with Gasteiger partial charge < -0.3 is 29.4 Å². The number of halogens is 9. The number of fused-ring (bicyclic) bond motifs is 3. The maximum Gasteiger partial charge on any atom is 0.451 e. The van der Waals surface area contributed by atoms with Crippen molar-refractivity contribution in [2.45, 2.75) is 32.4 Å². The second-order valence-corrected chi connectivity index (χ2v) is 22.4. The Kier molecular flexibility index (Phi) is 19.7. The van der Waals surface area contributed by atoms with Gasteiger partial charge in [0.1, 0.15) is 17.5 Å². The van der Waals surface area contributed by atoms with Gasteiger partial charge >= 0.3 is 18.5 Å². The van der Waals surface area contributed by atoms with E-state index in [0.717, 1.165) is 33.4 Å². The van der Waals surface area contributed by atoms with Crippen molar-refractivity contribution in [3.8, 4) is 67.2 Å². The van der Waals surface area contributed by atoms with Gasteiger partial charge in [-0.15, -0.1) is 52.0 Å². The summed E-state index contributed by atoms with van der Waals surface area (Å²) in [6.07, 6.45) is -14.0. The second kappa shape index (κ2) is 28.6. The first-order chi connectivity index (χ1) is 47.3. The van der Waals surface area contributed by atoms with E-state index < -0.39 is 36.0 Å². The van der Waals surface area contributed by atoms with Crippen LogP contribution in [0, 0.1) is 38.2 Å². The Labute approximate surface area is 579 Å². The minimum atomic E-state index is -4.68. The summed E-state index contributed by atoms with van der Waals surface area (Å²) in [6.45, 7) is 10.1. The van der Waals surface area contributed by atoms with E-state index in [0.29, 0.717) is 63.9 Å². The largest absolute Gasteiger partial charge is 0.501 e. The molecule has 0 bridgehead atoms. The van der Waals surface area contributed by atoms with Crippen LogP contribution < -0.4 is 29.4 Å². The Balaban J connectivity index is 0.000000140. The van der Waals surface area contributed by atoms with Crippen LogP contribution in [0.3, 0.4) is 0 Å². The maximum absolute atomic E-state index is 13.7. The van der Waals surface area contributed by atoms with E-state index in [-0.39, 0.29) is 54.6 Å². The monoisotopic (exact) mass is 1510 g/mol. The van der Waals surface area contributed by atoms with Crippen LogP contribution in [0.2, 0.25) is 0 Å². The molecule has 12 nitrogen and oxygen atoms in total. The van der Waals surface area contributed by atoms with Crippen LogP contribution in [0.4, 0.5) is 91.1 Å². The predicted molar refractivity (Wildman–Crippen MR) is 363 cm³/mol. The minimum absolute atomic E-state index is 0. The number of rotatable bonds is 11. The molecule has 99 heavy (non-hydrogen) atoms. The van der Waals surface area contributed by atoms with Crippen molar-refractivity contribution in [1.29, 1.82) is 0 Å². The molecule has 15 rings (SSSR count). The van der Waals surface area contributed by atoms with Crippen molar-refractivity contribution in [3.63, 3.8) is 0 Å². The Morgan fingerprint density at radius 3 is 0.818 bits per heavy atom. The molecular formula is C77H55F9IrN12-6. The van der Waals surface area contributed by atoms with Crippen LogP contribution in [-0.2, 0) is 38.6 Å². The van der Waals surface area contributed by atoms with Gasteiger partial charge in [-0.1, -0.05) is 199 Å². The molecule has 9 aromatic carbocycles. The van der Waals surface area contributed by atoms with Gasteiger partial charge in [-0.05, 0) is 34.0 Å². The minimum Gasteiger partial charge on any atom is -0.501 e. The number of hydrogen-bond donors (Lipinski definition) is 0. The van der Waals surface area contributed by atoms with Crippen LogP contribution in [-0.4, -0.2) is 50.0 Å². The number of aromatic nitrogens is 6. The van der Waals surface area contributed by atoms with E-state index in [9.17, 15) is 39.5 Å². The first kappa shape index (κ1) is 68.0. The molecule has 501 valence electrons. The molecule has 1 radical (unpaired) electrons. The van der Waals surface area contributed by atoms with Crippen molar-refractivity contribution >= 4 is 51.6 Å². The molecule has 3 aliphatic rings. The van der Waals surface area contributed by atoms with E-state index in [4.69, 9.17) is 0 Å². The molecule has 12 aromatic rings. The maximum atomic E-state index is 13.7. The summed E-state index contributed by atoms with van der Waals surface area (Å²) in [4.78, 5) is 33.9. The molecular weight excluding hydrogens is 1460 g/mol. The van der Waals surface area contributed by atoms with Gasteiger partial charge in [0.15, 0.2) is 0 Å². The molecule has 0 saturated heterocycles. The third-order valence-electron chi connectivity index (χ3n) is 16.1. The molecule has 3 aliphatic heterocycles. The first-order valence-electron chi connectivity index (χ1n) is 30.9. The average molecular weight is 1510 g/mol. The zero-order valence-corrected chi connectivity index (χ0v) is 55.2. The summed E-state index contributed by atoms with van der Waals surface area (Å²) in [6, 6.07) is 82.4. The quantitative estimate of drug-likeness (QED) is 0.0911. The fourth-order valence-electron chi connectivity index (χ4n) is 11.4. The summed E-state index contributed by atoms with van der Waals surface area (Å²) in [7, 11) is 1.76. The Morgan fingerprint density at radius 2 is 0.566 bits per heavy atom. The standard InChI is InChI=1S/2C26H19F3N4.C25H17F3N4.Ir/c2*1-2-32-17-33(21-15-13-19(14-16-21)18-9-5-3-6-10-18)24-23(32)22(20-11-7-4-8-12-20)30-25(31-24)26(27,28)29;1-31-16-32(20-14-12-18(13-15-20)17-8-4-2-5-9-17)23-22(31)21(19-10-6-3-7-11-19)29-24(30-23)25(26,27)28;/h2*3-15,17H,2H2,1H3;2-14,16H,1H3;/q3*-2;. The van der Waals surface area contributed by atoms with E-state index in [1.165, 1.54) is 0 Å². The molecule has 0 spiro atoms. The first-order valence-corrected chi connectivity index (χ1v) is 30.9. The van der Waals surface area contributed by atoms with Gasteiger partial charge in [0.25, 0.3) is 0 Å². The van der Waals surface area contributed by atoms with Crippen LogP contribution in [0.1, 0.15) is 31.3 Å². The van der Waals surface area contributed by atoms with Gasteiger partial charge in [0, 0.05) is 36.8 Å². The van der Waals surface area contributed by atoms with Crippen molar-refractivity contribution in [3.05, 3.63) is 292 Å². The van der Waals surface area contributed by atoms with E-state index in [1.807, 2.05) is 181 Å². The Morgan fingerprint density at radius 1 is 0.313 bits per heavy atom. The number of anilines is 9. The van der Waals surface area contributed by atoms with Crippen LogP contribution in [0.15, 0.2) is 237 Å². The second-order valence-electron chi connectivity index (χ2n) is 22.4. The van der Waals surface area contributed by atoms with E-state index in [1.54, 1.807) is 126 Å². The SMILES string of the molecule is CCN1[CH-]N(c2[c-]cc(-c3ccccc3)cc2)c2nc(C(F)(F)F)nc(-c3ccccc3)c21.CCN1[CH-]N(c2[c-]cc(-c3ccccc3)cc2)c2nc(C(F)(F)F)nc(-c3ccccc3)c21.CN1[CH-]N(c2[c-]cc(-c3ccccc3)cc2)c2nc(C(F)(F)F)nc(-c3ccccc3)c21.[Ir]. The molecule has 6 heterocycles. The molecule has 0 atom stereocenters. The molecule has 0 aliphatic carbocycles. The zero-order chi connectivity index (χ0) is 68.3. The van der Waals surface area contributed by atoms with Gasteiger partial charge in [-0.25, -0.2) is 29.9 Å². The molecule has 0 saturated carbocycles. The fraction of sp³-hybridized carbons (Fsp3) is 0.104. The summed E-state index contributed by atoms with van der Waals surface area (Å²) >= 11 is 0. The van der Waals surface area contributed by atoms with Gasteiger partial charge in [0.2, 0.25) is 17.5 Å². The van der Waals surface area contributed by atoms with Gasteiger partial charge in [0.05, 0.1) is 34.1 Å². The van der Waals surface area contributed by atoms with Gasteiger partial charge in [-0.3, -0.25) is 0 Å². The molecule has 0 unspecified atom stereocenters. The third-order valence-corrected chi connectivity index (χ3v) is 16.1. The van der Waals surface area contributed by atoms with Crippen molar-refractivity contribution in [1.82, 2.24) is 29.9 Å². The molecule has 0 amide bonds.